The van der Waals surface area contributed by atoms with Gasteiger partial charge in [0, 0.05) is 18.7 Å². The Hall–Kier alpha value is -2.67. The second-order valence-electron chi connectivity index (χ2n) is 6.07. The average molecular weight is 357 g/mol. The smallest absolute Gasteiger partial charge is 0.256 e. The first-order chi connectivity index (χ1) is 11.8. The van der Waals surface area contributed by atoms with Crippen LogP contribution in [0.4, 0.5) is 0 Å². The van der Waals surface area contributed by atoms with Gasteiger partial charge in [0.25, 0.3) is 5.91 Å². The standard InChI is InChI=1S/C18H19N3O3S/c1-12(13-7-9-15(10-8-13)25(3,23)24)21(2)18(22)16-6-4-5-14-11-19-20-17(14)16/h4-12H,1-3H3,(H,19,20). The molecule has 0 spiro atoms. The maximum atomic E-state index is 12.9. The first kappa shape index (κ1) is 17.2. The van der Waals surface area contributed by atoms with E-state index in [9.17, 15) is 13.2 Å². The van der Waals surface area contributed by atoms with Crippen molar-refractivity contribution in [3.05, 3.63) is 59.8 Å². The first-order valence-electron chi connectivity index (χ1n) is 7.78. The molecule has 3 aromatic rings. The van der Waals surface area contributed by atoms with Crippen LogP contribution >= 0.6 is 0 Å². The molecule has 0 aliphatic carbocycles. The molecule has 0 saturated carbocycles. The number of hydrogen-bond acceptors (Lipinski definition) is 4. The molecule has 0 radical (unpaired) electrons. The van der Waals surface area contributed by atoms with Gasteiger partial charge in [-0.2, -0.15) is 5.10 Å². The largest absolute Gasteiger partial charge is 0.335 e. The number of carbonyl (C=O) groups is 1. The monoisotopic (exact) mass is 357 g/mol. The average Bonchev–Trinajstić information content (AvgIpc) is 3.08. The summed E-state index contributed by atoms with van der Waals surface area (Å²) < 4.78 is 23.1. The molecule has 1 atom stereocenters. The van der Waals surface area contributed by atoms with Crippen molar-refractivity contribution >= 4 is 26.6 Å². The molecule has 3 rings (SSSR count). The topological polar surface area (TPSA) is 83.1 Å². The number of sulfone groups is 1. The summed E-state index contributed by atoms with van der Waals surface area (Å²) in [6.45, 7) is 1.90. The molecule has 0 aliphatic rings. The van der Waals surface area contributed by atoms with E-state index in [2.05, 4.69) is 10.2 Å². The Kier molecular flexibility index (Phi) is 4.34. The van der Waals surface area contributed by atoms with Crippen LogP contribution in [0.1, 0.15) is 28.9 Å². The number of carbonyl (C=O) groups excluding carboxylic acids is 1. The van der Waals surface area contributed by atoms with Crippen molar-refractivity contribution in [3.63, 3.8) is 0 Å². The molecule has 1 aromatic heterocycles. The maximum Gasteiger partial charge on any atom is 0.256 e. The molecular weight excluding hydrogens is 338 g/mol. The number of rotatable bonds is 4. The highest BCUT2D eigenvalue weighted by Crippen LogP contribution is 2.24. The van der Waals surface area contributed by atoms with Crippen LogP contribution < -0.4 is 0 Å². The van der Waals surface area contributed by atoms with Gasteiger partial charge in [0.1, 0.15) is 0 Å². The van der Waals surface area contributed by atoms with Gasteiger partial charge in [-0.15, -0.1) is 0 Å². The van der Waals surface area contributed by atoms with E-state index >= 15 is 0 Å². The Balaban J connectivity index is 1.88. The third kappa shape index (κ3) is 3.28. The number of para-hydroxylation sites is 1. The van der Waals surface area contributed by atoms with Crippen LogP contribution in [0.2, 0.25) is 0 Å². The summed E-state index contributed by atoms with van der Waals surface area (Å²) in [5.74, 6) is -0.130. The number of nitrogens with one attached hydrogen (secondary N) is 1. The number of aromatic nitrogens is 2. The fourth-order valence-electron chi connectivity index (χ4n) is 2.73. The zero-order chi connectivity index (χ0) is 18.2. The predicted molar refractivity (Wildman–Crippen MR) is 96.2 cm³/mol. The Morgan fingerprint density at radius 1 is 1.16 bits per heavy atom. The zero-order valence-electron chi connectivity index (χ0n) is 14.2. The fourth-order valence-corrected chi connectivity index (χ4v) is 3.36. The predicted octanol–water partition coefficient (Wildman–Crippen LogP) is 2.80. The van der Waals surface area contributed by atoms with Crippen LogP contribution in [0, 0.1) is 0 Å². The molecule has 1 unspecified atom stereocenters. The highest BCUT2D eigenvalue weighted by molar-refractivity contribution is 7.90. The summed E-state index contributed by atoms with van der Waals surface area (Å²) in [6.07, 6.45) is 2.85. The molecule has 0 aliphatic heterocycles. The van der Waals surface area contributed by atoms with Gasteiger partial charge in [0.2, 0.25) is 0 Å². The number of hydrogen-bond donors (Lipinski definition) is 1. The second kappa shape index (κ2) is 6.33. The Morgan fingerprint density at radius 3 is 2.48 bits per heavy atom. The van der Waals surface area contributed by atoms with Crippen molar-refractivity contribution < 1.29 is 13.2 Å². The molecule has 25 heavy (non-hydrogen) atoms. The molecule has 0 bridgehead atoms. The minimum absolute atomic E-state index is 0.130. The number of benzene rings is 2. The highest BCUT2D eigenvalue weighted by atomic mass is 32.2. The van der Waals surface area contributed by atoms with Crippen molar-refractivity contribution in [1.29, 1.82) is 0 Å². The van der Waals surface area contributed by atoms with Crippen molar-refractivity contribution in [2.24, 2.45) is 0 Å². The Morgan fingerprint density at radius 2 is 1.84 bits per heavy atom. The summed E-state index contributed by atoms with van der Waals surface area (Å²) in [6, 6.07) is 11.9. The summed E-state index contributed by atoms with van der Waals surface area (Å²) in [7, 11) is -1.51. The number of amides is 1. The minimum atomic E-state index is -3.23. The van der Waals surface area contributed by atoms with Crippen molar-refractivity contribution in [1.82, 2.24) is 15.1 Å². The van der Waals surface area contributed by atoms with Crippen molar-refractivity contribution in [2.75, 3.05) is 13.3 Å². The van der Waals surface area contributed by atoms with E-state index in [1.54, 1.807) is 48.5 Å². The van der Waals surface area contributed by atoms with Crippen LogP contribution in [-0.4, -0.2) is 42.7 Å². The summed E-state index contributed by atoms with van der Waals surface area (Å²) in [4.78, 5) is 14.8. The molecule has 6 nitrogen and oxygen atoms in total. The summed E-state index contributed by atoms with van der Waals surface area (Å²) in [5, 5.41) is 7.73. The molecule has 1 heterocycles. The van der Waals surface area contributed by atoms with Gasteiger partial charge in [-0.05, 0) is 30.7 Å². The first-order valence-corrected chi connectivity index (χ1v) is 9.67. The minimum Gasteiger partial charge on any atom is -0.335 e. The third-order valence-corrected chi connectivity index (χ3v) is 5.53. The van der Waals surface area contributed by atoms with E-state index in [-0.39, 0.29) is 16.8 Å². The van der Waals surface area contributed by atoms with Gasteiger partial charge in [-0.1, -0.05) is 24.3 Å². The van der Waals surface area contributed by atoms with Gasteiger partial charge in [-0.25, -0.2) is 8.42 Å². The second-order valence-corrected chi connectivity index (χ2v) is 8.09. The van der Waals surface area contributed by atoms with Crippen molar-refractivity contribution in [2.45, 2.75) is 17.9 Å². The fraction of sp³-hybridized carbons (Fsp3) is 0.222. The van der Waals surface area contributed by atoms with Gasteiger partial charge < -0.3 is 4.90 Å². The molecule has 1 amide bonds. The molecule has 0 saturated heterocycles. The molecule has 1 N–H and O–H groups in total. The lowest BCUT2D eigenvalue weighted by Crippen LogP contribution is -2.29. The van der Waals surface area contributed by atoms with Crippen LogP contribution in [0.3, 0.4) is 0 Å². The van der Waals surface area contributed by atoms with Crippen LogP contribution in [-0.2, 0) is 9.84 Å². The lowest BCUT2D eigenvalue weighted by Gasteiger charge is -2.25. The van der Waals surface area contributed by atoms with Crippen molar-refractivity contribution in [3.8, 4) is 0 Å². The van der Waals surface area contributed by atoms with Gasteiger partial charge >= 0.3 is 0 Å². The van der Waals surface area contributed by atoms with Crippen LogP contribution in [0.15, 0.2) is 53.6 Å². The lowest BCUT2D eigenvalue weighted by atomic mass is 10.1. The molecule has 7 heteroatoms. The van der Waals surface area contributed by atoms with Gasteiger partial charge in [0.05, 0.1) is 28.2 Å². The summed E-state index contributed by atoms with van der Waals surface area (Å²) >= 11 is 0. The van der Waals surface area contributed by atoms with Crippen LogP contribution in [0.5, 0.6) is 0 Å². The number of aromatic amines is 1. The molecule has 0 fully saturated rings. The van der Waals surface area contributed by atoms with E-state index in [0.717, 1.165) is 10.9 Å². The third-order valence-electron chi connectivity index (χ3n) is 4.40. The molecular formula is C18H19N3O3S. The van der Waals surface area contributed by atoms with E-state index in [0.29, 0.717) is 11.1 Å². The SMILES string of the molecule is CC(c1ccc(S(C)(=O)=O)cc1)N(C)C(=O)c1cccc2cn[nH]c12. The highest BCUT2D eigenvalue weighted by Gasteiger charge is 2.21. The van der Waals surface area contributed by atoms with E-state index in [4.69, 9.17) is 0 Å². The normalized spacial score (nSPS) is 12.9. The number of fused-ring (bicyclic) bond motifs is 1. The van der Waals surface area contributed by atoms with E-state index in [1.807, 2.05) is 19.1 Å². The molecule has 2 aromatic carbocycles. The number of H-pyrrole nitrogens is 1. The Labute approximate surface area is 146 Å². The van der Waals surface area contributed by atoms with E-state index < -0.39 is 9.84 Å². The van der Waals surface area contributed by atoms with Crippen LogP contribution in [0.25, 0.3) is 10.9 Å². The van der Waals surface area contributed by atoms with Gasteiger partial charge in [-0.3, -0.25) is 9.89 Å². The number of nitrogens with zero attached hydrogens (tertiary/aromatic N) is 2. The van der Waals surface area contributed by atoms with Gasteiger partial charge in [0.15, 0.2) is 9.84 Å². The molecule has 130 valence electrons. The Bertz CT molecular complexity index is 1020. The van der Waals surface area contributed by atoms with E-state index in [1.165, 1.54) is 6.26 Å². The maximum absolute atomic E-state index is 12.9. The summed E-state index contributed by atoms with van der Waals surface area (Å²) in [5.41, 5.74) is 2.12. The quantitative estimate of drug-likeness (QED) is 0.778. The zero-order valence-corrected chi connectivity index (χ0v) is 15.0. The lowest BCUT2D eigenvalue weighted by molar-refractivity contribution is 0.0744.